The van der Waals surface area contributed by atoms with Crippen LogP contribution in [0, 0.1) is 0 Å². The fraction of sp³-hybridized carbons (Fsp3) is 0.208. The van der Waals surface area contributed by atoms with Crippen LogP contribution < -0.4 is 5.56 Å². The minimum absolute atomic E-state index is 0.0395. The van der Waals surface area contributed by atoms with Crippen molar-refractivity contribution >= 4 is 43.4 Å². The molecule has 4 rings (SSSR count). The molecular weight excluding hydrogens is 474 g/mol. The fourth-order valence-electron chi connectivity index (χ4n) is 3.57. The third-order valence-corrected chi connectivity index (χ3v) is 6.97. The van der Waals surface area contributed by atoms with Crippen LogP contribution in [0.2, 0.25) is 0 Å². The molecule has 0 saturated heterocycles. The minimum atomic E-state index is -0.180. The van der Waals surface area contributed by atoms with Crippen molar-refractivity contribution in [3.05, 3.63) is 86.2 Å². The molecule has 5 nitrogen and oxygen atoms in total. The Labute approximate surface area is 193 Å². The van der Waals surface area contributed by atoms with E-state index in [-0.39, 0.29) is 18.0 Å². The highest BCUT2D eigenvalue weighted by Crippen LogP contribution is 2.36. The first-order valence-electron chi connectivity index (χ1n) is 10.0. The van der Waals surface area contributed by atoms with Crippen molar-refractivity contribution in [1.29, 1.82) is 0 Å². The molecule has 2 heterocycles. The van der Waals surface area contributed by atoms with Crippen molar-refractivity contribution in [3.8, 4) is 11.1 Å². The van der Waals surface area contributed by atoms with E-state index >= 15 is 0 Å². The Morgan fingerprint density at radius 2 is 1.84 bits per heavy atom. The lowest BCUT2D eigenvalue weighted by molar-refractivity contribution is -0.131. The van der Waals surface area contributed by atoms with Gasteiger partial charge in [-0.05, 0) is 29.7 Å². The summed E-state index contributed by atoms with van der Waals surface area (Å²) in [6.07, 6.45) is 2.30. The van der Waals surface area contributed by atoms with Gasteiger partial charge in [-0.2, -0.15) is 0 Å². The summed E-state index contributed by atoms with van der Waals surface area (Å²) < 4.78 is 2.40. The van der Waals surface area contributed by atoms with Gasteiger partial charge in [-0.1, -0.05) is 65.3 Å². The number of aromatic nitrogens is 2. The highest BCUT2D eigenvalue weighted by Gasteiger charge is 2.19. The average molecular weight is 496 g/mol. The summed E-state index contributed by atoms with van der Waals surface area (Å²) in [7, 11) is 1.75. The molecule has 0 aliphatic carbocycles. The molecule has 0 bridgehead atoms. The monoisotopic (exact) mass is 495 g/mol. The zero-order valence-corrected chi connectivity index (χ0v) is 19.7. The van der Waals surface area contributed by atoms with Gasteiger partial charge in [-0.25, -0.2) is 4.98 Å². The smallest absolute Gasteiger partial charge is 0.263 e. The molecule has 2 aromatic carbocycles. The molecule has 158 valence electrons. The summed E-state index contributed by atoms with van der Waals surface area (Å²) >= 11 is 5.01. The Morgan fingerprint density at radius 3 is 2.52 bits per heavy atom. The van der Waals surface area contributed by atoms with Gasteiger partial charge < -0.3 is 4.90 Å². The maximum absolute atomic E-state index is 13.4. The van der Waals surface area contributed by atoms with E-state index in [0.29, 0.717) is 16.8 Å². The van der Waals surface area contributed by atoms with Crippen molar-refractivity contribution in [1.82, 2.24) is 14.5 Å². The first-order chi connectivity index (χ1) is 15.0. The number of amides is 1. The molecule has 4 aromatic rings. The summed E-state index contributed by atoms with van der Waals surface area (Å²) in [5, 5.41) is 0.588. The van der Waals surface area contributed by atoms with Crippen molar-refractivity contribution < 1.29 is 4.79 Å². The van der Waals surface area contributed by atoms with Crippen LogP contribution in [0.3, 0.4) is 0 Å². The highest BCUT2D eigenvalue weighted by atomic mass is 79.9. The SMILES string of the molecule is CCc1sc2ncn(CC(=O)N(C)Cc3ccccc3)c(=O)c2c1-c1ccc(Br)cc1. The van der Waals surface area contributed by atoms with Gasteiger partial charge in [0.15, 0.2) is 0 Å². The van der Waals surface area contributed by atoms with Gasteiger partial charge in [0.2, 0.25) is 5.91 Å². The first kappa shape index (κ1) is 21.5. The number of hydrogen-bond acceptors (Lipinski definition) is 4. The molecule has 0 atom stereocenters. The van der Waals surface area contributed by atoms with Crippen molar-refractivity contribution in [3.63, 3.8) is 0 Å². The van der Waals surface area contributed by atoms with E-state index in [1.807, 2.05) is 54.6 Å². The lowest BCUT2D eigenvalue weighted by Crippen LogP contribution is -2.33. The van der Waals surface area contributed by atoms with Crippen LogP contribution in [0.5, 0.6) is 0 Å². The first-order valence-corrected chi connectivity index (χ1v) is 11.6. The molecule has 7 heteroatoms. The number of thiophene rings is 1. The van der Waals surface area contributed by atoms with E-state index in [2.05, 4.69) is 27.8 Å². The number of benzene rings is 2. The summed E-state index contributed by atoms with van der Waals surface area (Å²) in [4.78, 5) is 34.2. The van der Waals surface area contributed by atoms with Gasteiger partial charge in [-0.3, -0.25) is 14.2 Å². The zero-order chi connectivity index (χ0) is 22.0. The lowest BCUT2D eigenvalue weighted by atomic mass is 10.0. The molecule has 0 spiro atoms. The second-order valence-electron chi connectivity index (χ2n) is 7.35. The molecule has 1 amide bonds. The molecule has 0 aliphatic rings. The maximum atomic E-state index is 13.4. The summed E-state index contributed by atoms with van der Waals surface area (Å²) in [5.74, 6) is -0.136. The van der Waals surface area contributed by atoms with Crippen molar-refractivity contribution in [2.75, 3.05) is 7.05 Å². The average Bonchev–Trinajstić information content (AvgIpc) is 3.16. The van der Waals surface area contributed by atoms with Crippen LogP contribution in [-0.2, 0) is 24.3 Å². The molecule has 2 aromatic heterocycles. The Kier molecular flexibility index (Phi) is 6.34. The van der Waals surface area contributed by atoms with E-state index in [4.69, 9.17) is 0 Å². The Bertz CT molecular complexity index is 1280. The van der Waals surface area contributed by atoms with Crippen LogP contribution in [0.4, 0.5) is 0 Å². The number of nitrogens with zero attached hydrogens (tertiary/aromatic N) is 3. The van der Waals surface area contributed by atoms with Crippen LogP contribution >= 0.6 is 27.3 Å². The lowest BCUT2D eigenvalue weighted by Gasteiger charge is -2.18. The fourth-order valence-corrected chi connectivity index (χ4v) is 4.92. The van der Waals surface area contributed by atoms with Crippen molar-refractivity contribution in [2.24, 2.45) is 0 Å². The third-order valence-electron chi connectivity index (χ3n) is 5.20. The second-order valence-corrected chi connectivity index (χ2v) is 9.35. The Morgan fingerprint density at radius 1 is 1.13 bits per heavy atom. The number of hydrogen-bond donors (Lipinski definition) is 0. The molecule has 0 fully saturated rings. The summed E-state index contributed by atoms with van der Waals surface area (Å²) in [6, 6.07) is 17.7. The Balaban J connectivity index is 1.69. The molecule has 0 radical (unpaired) electrons. The second kappa shape index (κ2) is 9.16. The number of fused-ring (bicyclic) bond motifs is 1. The maximum Gasteiger partial charge on any atom is 0.263 e. The minimum Gasteiger partial charge on any atom is -0.340 e. The molecule has 31 heavy (non-hydrogen) atoms. The normalized spacial score (nSPS) is 11.1. The van der Waals surface area contributed by atoms with Gasteiger partial charge in [0, 0.05) is 28.5 Å². The standard InChI is InChI=1S/C24H22BrN3O2S/c1-3-19-21(17-9-11-18(25)12-10-17)22-23(31-19)26-15-28(24(22)30)14-20(29)27(2)13-16-7-5-4-6-8-16/h4-12,15H,3,13-14H2,1-2H3. The number of halogens is 1. The summed E-state index contributed by atoms with van der Waals surface area (Å²) in [5.41, 5.74) is 2.77. The van der Waals surface area contributed by atoms with E-state index in [9.17, 15) is 9.59 Å². The molecule has 0 N–H and O–H groups in total. The topological polar surface area (TPSA) is 55.2 Å². The van der Waals surface area contributed by atoms with Crippen molar-refractivity contribution in [2.45, 2.75) is 26.4 Å². The van der Waals surface area contributed by atoms with Gasteiger partial charge in [0.05, 0.1) is 11.7 Å². The molecule has 0 saturated carbocycles. The van der Waals surface area contributed by atoms with E-state index in [0.717, 1.165) is 32.5 Å². The van der Waals surface area contributed by atoms with Gasteiger partial charge in [-0.15, -0.1) is 11.3 Å². The molecule has 0 unspecified atom stereocenters. The van der Waals surface area contributed by atoms with Crippen LogP contribution in [0.25, 0.3) is 21.3 Å². The highest BCUT2D eigenvalue weighted by molar-refractivity contribution is 9.10. The predicted molar refractivity (Wildman–Crippen MR) is 129 cm³/mol. The van der Waals surface area contributed by atoms with E-state index < -0.39 is 0 Å². The predicted octanol–water partition coefficient (Wildman–Crippen LogP) is 5.11. The molecule has 0 aliphatic heterocycles. The van der Waals surface area contributed by atoms with Crippen LogP contribution in [-0.4, -0.2) is 27.4 Å². The third kappa shape index (κ3) is 4.48. The van der Waals surface area contributed by atoms with Crippen LogP contribution in [0.15, 0.2) is 70.2 Å². The van der Waals surface area contributed by atoms with Crippen LogP contribution in [0.1, 0.15) is 17.4 Å². The van der Waals surface area contributed by atoms with Gasteiger partial charge >= 0.3 is 0 Å². The van der Waals surface area contributed by atoms with Gasteiger partial charge in [0.25, 0.3) is 5.56 Å². The van der Waals surface area contributed by atoms with Gasteiger partial charge in [0.1, 0.15) is 11.4 Å². The van der Waals surface area contributed by atoms with E-state index in [1.54, 1.807) is 23.3 Å². The number of likely N-dealkylation sites (N-methyl/N-ethyl adjacent to an activating group) is 1. The molecular formula is C24H22BrN3O2S. The zero-order valence-electron chi connectivity index (χ0n) is 17.3. The number of aryl methyl sites for hydroxylation is 1. The Hall–Kier alpha value is -2.77. The number of carbonyl (C=O) groups is 1. The number of carbonyl (C=O) groups excluding carboxylic acids is 1. The quantitative estimate of drug-likeness (QED) is 0.373. The summed E-state index contributed by atoms with van der Waals surface area (Å²) in [6.45, 7) is 2.53. The van der Waals surface area contributed by atoms with E-state index in [1.165, 1.54) is 10.9 Å². The number of rotatable bonds is 6. The largest absolute Gasteiger partial charge is 0.340 e.